The number of ether oxygens (including phenoxy) is 1. The van der Waals surface area contributed by atoms with Crippen LogP contribution in [0.2, 0.25) is 0 Å². The summed E-state index contributed by atoms with van der Waals surface area (Å²) in [4.78, 5) is 24.9. The third kappa shape index (κ3) is 1.48. The molecule has 0 amide bonds. The van der Waals surface area contributed by atoms with E-state index in [-0.39, 0.29) is 11.9 Å². The van der Waals surface area contributed by atoms with Crippen molar-refractivity contribution in [2.24, 2.45) is 0 Å². The van der Waals surface area contributed by atoms with Crippen LogP contribution in [0.5, 0.6) is 0 Å². The lowest BCUT2D eigenvalue weighted by Gasteiger charge is -2.13. The van der Waals surface area contributed by atoms with Crippen LogP contribution in [-0.4, -0.2) is 43.8 Å². The monoisotopic (exact) mass is 258 g/mol. The summed E-state index contributed by atoms with van der Waals surface area (Å²) in [6, 6.07) is 1.30. The van der Waals surface area contributed by atoms with E-state index in [1.165, 1.54) is 22.4 Å². The largest absolute Gasteiger partial charge is 0.394 e. The van der Waals surface area contributed by atoms with Gasteiger partial charge in [0.1, 0.15) is 6.10 Å². The summed E-state index contributed by atoms with van der Waals surface area (Å²) in [6.07, 6.45) is -2.18. The molecule has 0 aliphatic carbocycles. The van der Waals surface area contributed by atoms with Gasteiger partial charge in [-0.1, -0.05) is 11.8 Å². The van der Waals surface area contributed by atoms with E-state index in [0.717, 1.165) is 0 Å². The van der Waals surface area contributed by atoms with Crippen molar-refractivity contribution in [1.29, 1.82) is 0 Å². The van der Waals surface area contributed by atoms with Crippen molar-refractivity contribution >= 4 is 11.8 Å². The minimum atomic E-state index is -0.857. The molecule has 1 saturated heterocycles. The zero-order valence-corrected chi connectivity index (χ0v) is 9.38. The van der Waals surface area contributed by atoms with E-state index >= 15 is 0 Å². The first kappa shape index (κ1) is 11.0. The quantitative estimate of drug-likeness (QED) is 0.517. The van der Waals surface area contributed by atoms with Crippen LogP contribution in [0, 0.1) is 0 Å². The molecule has 3 rings (SSSR count). The number of aliphatic hydroxyl groups excluding tert-OH is 2. The van der Waals surface area contributed by atoms with Gasteiger partial charge in [0.15, 0.2) is 6.23 Å². The lowest BCUT2D eigenvalue weighted by atomic mass is 10.2. The highest BCUT2D eigenvalue weighted by Crippen LogP contribution is 2.46. The Morgan fingerprint density at radius 2 is 2.29 bits per heavy atom. The molecule has 17 heavy (non-hydrogen) atoms. The Bertz CT molecular complexity index is 567. The van der Waals surface area contributed by atoms with E-state index in [0.29, 0.717) is 5.03 Å². The molecule has 3 N–H and O–H groups in total. The van der Waals surface area contributed by atoms with E-state index < -0.39 is 29.7 Å². The Morgan fingerprint density at radius 1 is 1.53 bits per heavy atom. The summed E-state index contributed by atoms with van der Waals surface area (Å²) in [6.45, 7) is -0.303. The Hall–Kier alpha value is -1.09. The fraction of sp³-hybridized carbons (Fsp3) is 0.556. The predicted molar refractivity (Wildman–Crippen MR) is 58.0 cm³/mol. The normalized spacial score (nSPS) is 34.7. The molecule has 0 aromatic carbocycles. The molecule has 1 aromatic rings. The second kappa shape index (κ2) is 3.70. The van der Waals surface area contributed by atoms with Crippen molar-refractivity contribution in [3.8, 4) is 0 Å². The zero-order valence-electron chi connectivity index (χ0n) is 8.57. The van der Waals surface area contributed by atoms with Crippen LogP contribution in [0.3, 0.4) is 0 Å². The number of aromatic nitrogens is 2. The van der Waals surface area contributed by atoms with E-state index in [4.69, 9.17) is 9.84 Å². The maximum Gasteiger partial charge on any atom is 0.331 e. The summed E-state index contributed by atoms with van der Waals surface area (Å²) in [5.74, 6) is 0. The average Bonchev–Trinajstić information content (AvgIpc) is 2.75. The lowest BCUT2D eigenvalue weighted by molar-refractivity contribution is -0.0476. The molecular weight excluding hydrogens is 248 g/mol. The molecule has 8 heteroatoms. The van der Waals surface area contributed by atoms with Crippen LogP contribution in [0.1, 0.15) is 6.23 Å². The maximum absolute atomic E-state index is 11.6. The van der Waals surface area contributed by atoms with Crippen molar-refractivity contribution in [3.63, 3.8) is 0 Å². The molecule has 0 bridgehead atoms. The molecular formula is C9H10N2O5S. The molecule has 2 aliphatic rings. The Labute approximate surface area is 99.0 Å². The summed E-state index contributed by atoms with van der Waals surface area (Å²) < 4.78 is 6.72. The topological polar surface area (TPSA) is 105 Å². The second-order valence-electron chi connectivity index (χ2n) is 3.97. The van der Waals surface area contributed by atoms with Crippen LogP contribution in [0.15, 0.2) is 20.7 Å². The number of hydrogen-bond donors (Lipinski definition) is 3. The number of rotatable bonds is 1. The second-order valence-corrected chi connectivity index (χ2v) is 5.17. The molecule has 1 fully saturated rings. The first-order valence-electron chi connectivity index (χ1n) is 5.08. The van der Waals surface area contributed by atoms with Gasteiger partial charge in [0.05, 0.1) is 23.0 Å². The molecule has 1 aromatic heterocycles. The average molecular weight is 258 g/mol. The molecule has 2 aliphatic heterocycles. The number of aromatic amines is 1. The van der Waals surface area contributed by atoms with Crippen molar-refractivity contribution in [3.05, 3.63) is 26.9 Å². The number of nitrogens with zero attached hydrogens (tertiary/aromatic N) is 1. The van der Waals surface area contributed by atoms with Gasteiger partial charge in [0, 0.05) is 6.07 Å². The molecule has 92 valence electrons. The SMILES string of the molecule is O=c1cc2n(c(=O)[nH]1)[C@@H]1O[C@H](CO)[C@@H](O)[C@@H]1S2. The number of aliphatic hydroxyl groups is 2. The first-order valence-corrected chi connectivity index (χ1v) is 5.96. The number of nitrogens with one attached hydrogen (secondary N) is 1. The van der Waals surface area contributed by atoms with Gasteiger partial charge < -0.3 is 14.9 Å². The van der Waals surface area contributed by atoms with Crippen LogP contribution in [-0.2, 0) is 4.74 Å². The first-order chi connectivity index (χ1) is 8.11. The molecule has 7 nitrogen and oxygen atoms in total. The van der Waals surface area contributed by atoms with Crippen LogP contribution < -0.4 is 11.2 Å². The van der Waals surface area contributed by atoms with Crippen LogP contribution >= 0.6 is 11.8 Å². The molecule has 3 heterocycles. The highest BCUT2D eigenvalue weighted by Gasteiger charge is 2.49. The molecule has 0 saturated carbocycles. The van der Waals surface area contributed by atoms with Crippen LogP contribution in [0.4, 0.5) is 0 Å². The number of H-pyrrole nitrogens is 1. The maximum atomic E-state index is 11.6. The fourth-order valence-corrected chi connectivity index (χ4v) is 3.53. The highest BCUT2D eigenvalue weighted by molar-refractivity contribution is 8.00. The predicted octanol–water partition coefficient (Wildman–Crippen LogP) is -1.74. The van der Waals surface area contributed by atoms with E-state index in [1.54, 1.807) is 0 Å². The van der Waals surface area contributed by atoms with E-state index in [2.05, 4.69) is 4.98 Å². The van der Waals surface area contributed by atoms with Crippen molar-refractivity contribution < 1.29 is 14.9 Å². The third-order valence-corrected chi connectivity index (χ3v) is 4.28. The van der Waals surface area contributed by atoms with Crippen LogP contribution in [0.25, 0.3) is 0 Å². The van der Waals surface area contributed by atoms with E-state index in [9.17, 15) is 14.7 Å². The molecule has 0 spiro atoms. The van der Waals surface area contributed by atoms with Crippen molar-refractivity contribution in [2.45, 2.75) is 28.7 Å². The van der Waals surface area contributed by atoms with E-state index in [1.807, 2.05) is 0 Å². The molecule has 0 radical (unpaired) electrons. The zero-order chi connectivity index (χ0) is 12.2. The minimum Gasteiger partial charge on any atom is -0.394 e. The summed E-state index contributed by atoms with van der Waals surface area (Å²) in [5.41, 5.74) is -1.03. The van der Waals surface area contributed by atoms with Gasteiger partial charge in [-0.3, -0.25) is 14.3 Å². The van der Waals surface area contributed by atoms with Gasteiger partial charge in [-0.15, -0.1) is 0 Å². The Kier molecular flexibility index (Phi) is 2.40. The third-order valence-electron chi connectivity index (χ3n) is 2.94. The number of fused-ring (bicyclic) bond motifs is 3. The van der Waals surface area contributed by atoms with Gasteiger partial charge >= 0.3 is 5.69 Å². The van der Waals surface area contributed by atoms with Gasteiger partial charge in [0.25, 0.3) is 5.56 Å². The van der Waals surface area contributed by atoms with Gasteiger partial charge in [0.2, 0.25) is 0 Å². The minimum absolute atomic E-state index is 0.303. The summed E-state index contributed by atoms with van der Waals surface area (Å²) in [5, 5.41) is 19.0. The smallest absolute Gasteiger partial charge is 0.331 e. The Morgan fingerprint density at radius 3 is 3.00 bits per heavy atom. The van der Waals surface area contributed by atoms with Gasteiger partial charge in [-0.2, -0.15) is 0 Å². The van der Waals surface area contributed by atoms with Crippen molar-refractivity contribution in [2.75, 3.05) is 6.61 Å². The number of thioether (sulfide) groups is 1. The fourth-order valence-electron chi connectivity index (χ4n) is 2.16. The Balaban J connectivity index is 2.08. The number of hydrogen-bond acceptors (Lipinski definition) is 6. The lowest BCUT2D eigenvalue weighted by Crippen LogP contribution is -2.32. The van der Waals surface area contributed by atoms with Gasteiger partial charge in [-0.05, 0) is 0 Å². The van der Waals surface area contributed by atoms with Crippen molar-refractivity contribution in [1.82, 2.24) is 9.55 Å². The standard InChI is InChI=1S/C9H10N2O5S/c12-2-3-6(14)7-8(16-3)11-5(17-7)1-4(13)10-9(11)15/h1,3,6-8,12,14H,2H2,(H,10,13,15)/t3-,6-,7+,8-/m1/s1. The summed E-state index contributed by atoms with van der Waals surface area (Å²) in [7, 11) is 0. The molecule has 4 atom stereocenters. The van der Waals surface area contributed by atoms with Gasteiger partial charge in [-0.25, -0.2) is 4.79 Å². The highest BCUT2D eigenvalue weighted by atomic mass is 32.2. The molecule has 0 unspecified atom stereocenters. The summed E-state index contributed by atoms with van der Waals surface area (Å²) >= 11 is 1.22.